The van der Waals surface area contributed by atoms with Crippen molar-refractivity contribution in [3.63, 3.8) is 0 Å². The van der Waals surface area contributed by atoms with Gasteiger partial charge in [-0.2, -0.15) is 0 Å². The van der Waals surface area contributed by atoms with E-state index in [1.807, 2.05) is 0 Å². The molecule has 0 aromatic heterocycles. The van der Waals surface area contributed by atoms with Crippen LogP contribution in [0.3, 0.4) is 0 Å². The smallest absolute Gasteiger partial charge is 0.326 e. The lowest BCUT2D eigenvalue weighted by Gasteiger charge is -2.25. The highest BCUT2D eigenvalue weighted by atomic mass is 32.2. The Morgan fingerprint density at radius 2 is 1.95 bits per heavy atom. The van der Waals surface area contributed by atoms with Crippen LogP contribution in [0.2, 0.25) is 0 Å². The maximum atomic E-state index is 12.2. The molecule has 0 aliphatic heterocycles. The normalized spacial score (nSPS) is 13.0. The Morgan fingerprint density at radius 1 is 1.37 bits per heavy atom. The third-order valence-electron chi connectivity index (χ3n) is 2.99. The van der Waals surface area contributed by atoms with E-state index in [0.29, 0.717) is 12.1 Å². The van der Waals surface area contributed by atoms with Gasteiger partial charge in [-0.25, -0.2) is 13.2 Å². The fourth-order valence-electron chi connectivity index (χ4n) is 1.76. The van der Waals surface area contributed by atoms with Crippen LogP contribution in [0.1, 0.15) is 20.3 Å². The highest BCUT2D eigenvalue weighted by Crippen LogP contribution is 2.26. The molecule has 106 valence electrons. The zero-order valence-corrected chi connectivity index (χ0v) is 12.1. The lowest BCUT2D eigenvalue weighted by atomic mass is 10.2. The minimum absolute atomic E-state index is 0.0549. The molecule has 1 aromatic rings. The Hall–Kier alpha value is -1.56. The molecule has 0 bridgehead atoms. The van der Waals surface area contributed by atoms with Crippen LogP contribution in [-0.4, -0.2) is 38.3 Å². The molecule has 0 aliphatic carbocycles. The van der Waals surface area contributed by atoms with Crippen molar-refractivity contribution in [1.82, 2.24) is 0 Å². The summed E-state index contributed by atoms with van der Waals surface area (Å²) in [5.74, 6) is -0.940. The first-order valence-corrected chi connectivity index (χ1v) is 7.74. The zero-order valence-electron chi connectivity index (χ0n) is 11.3. The van der Waals surface area contributed by atoms with Gasteiger partial charge in [0.1, 0.15) is 6.04 Å². The van der Waals surface area contributed by atoms with E-state index in [2.05, 4.69) is 0 Å². The summed E-state index contributed by atoms with van der Waals surface area (Å²) in [5, 5.41) is 9.02. The lowest BCUT2D eigenvalue weighted by molar-refractivity contribution is -0.138. The first-order chi connectivity index (χ1) is 8.81. The lowest BCUT2D eigenvalue weighted by Crippen LogP contribution is -2.36. The molecule has 0 aliphatic rings. The summed E-state index contributed by atoms with van der Waals surface area (Å²) >= 11 is 0. The number of carbonyl (C=O) groups is 1. The number of para-hydroxylation sites is 1. The van der Waals surface area contributed by atoms with Gasteiger partial charge in [-0.15, -0.1) is 0 Å². The molecule has 0 fully saturated rings. The Balaban J connectivity index is 3.27. The number of likely N-dealkylation sites (N-methyl/N-ethyl adjacent to an activating group) is 1. The number of nitrogens with zero attached hydrogens (tertiary/aromatic N) is 1. The van der Waals surface area contributed by atoms with Crippen LogP contribution in [0.5, 0.6) is 0 Å². The van der Waals surface area contributed by atoms with Crippen molar-refractivity contribution >= 4 is 21.5 Å². The largest absolute Gasteiger partial charge is 0.480 e. The van der Waals surface area contributed by atoms with Crippen LogP contribution in [-0.2, 0) is 14.6 Å². The Kier molecular flexibility index (Phi) is 4.94. The van der Waals surface area contributed by atoms with Crippen LogP contribution in [0.15, 0.2) is 29.2 Å². The number of rotatable bonds is 6. The van der Waals surface area contributed by atoms with E-state index in [9.17, 15) is 13.2 Å². The molecule has 0 spiro atoms. The maximum absolute atomic E-state index is 12.2. The van der Waals surface area contributed by atoms with E-state index < -0.39 is 21.8 Å². The Bertz CT molecular complexity index is 554. The highest BCUT2D eigenvalue weighted by Gasteiger charge is 2.24. The van der Waals surface area contributed by atoms with Crippen LogP contribution in [0.25, 0.3) is 0 Å². The van der Waals surface area contributed by atoms with E-state index in [-0.39, 0.29) is 10.6 Å². The van der Waals surface area contributed by atoms with Crippen LogP contribution >= 0.6 is 0 Å². The number of sulfone groups is 1. The molecule has 6 heteroatoms. The van der Waals surface area contributed by atoms with E-state index in [1.54, 1.807) is 32.2 Å². The third kappa shape index (κ3) is 3.47. The maximum Gasteiger partial charge on any atom is 0.326 e. The summed E-state index contributed by atoms with van der Waals surface area (Å²) in [6, 6.07) is 5.70. The summed E-state index contributed by atoms with van der Waals surface area (Å²) in [5.41, 5.74) is 0.422. The minimum Gasteiger partial charge on any atom is -0.480 e. The molecule has 1 aromatic carbocycles. The van der Waals surface area contributed by atoms with Gasteiger partial charge in [-0.05, 0) is 25.5 Å². The zero-order chi connectivity index (χ0) is 14.6. The predicted molar refractivity (Wildman–Crippen MR) is 74.3 cm³/mol. The molecule has 0 saturated carbocycles. The van der Waals surface area contributed by atoms with Crippen LogP contribution in [0, 0.1) is 0 Å². The molecule has 0 radical (unpaired) electrons. The molecule has 5 nitrogen and oxygen atoms in total. The molecule has 19 heavy (non-hydrogen) atoms. The SMILES string of the molecule is CCCS(=O)(=O)c1ccccc1N(C)C(C)C(=O)O. The van der Waals surface area contributed by atoms with Gasteiger partial charge in [-0.1, -0.05) is 19.1 Å². The van der Waals surface area contributed by atoms with Gasteiger partial charge in [0, 0.05) is 7.05 Å². The van der Waals surface area contributed by atoms with Gasteiger partial charge >= 0.3 is 5.97 Å². The van der Waals surface area contributed by atoms with Gasteiger partial charge in [-0.3, -0.25) is 0 Å². The van der Waals surface area contributed by atoms with Crippen LogP contribution in [0.4, 0.5) is 5.69 Å². The van der Waals surface area contributed by atoms with Gasteiger partial charge < -0.3 is 10.0 Å². The van der Waals surface area contributed by atoms with Crippen molar-refractivity contribution in [2.45, 2.75) is 31.2 Å². The Labute approximate surface area is 113 Å². The van der Waals surface area contributed by atoms with E-state index in [4.69, 9.17) is 5.11 Å². The second kappa shape index (κ2) is 6.06. The predicted octanol–water partition coefficient (Wildman–Crippen LogP) is 1.78. The third-order valence-corrected chi connectivity index (χ3v) is 4.95. The number of anilines is 1. The summed E-state index contributed by atoms with van der Waals surface area (Å²) in [6.07, 6.45) is 0.523. The van der Waals surface area contributed by atoms with Crippen molar-refractivity contribution in [1.29, 1.82) is 0 Å². The monoisotopic (exact) mass is 285 g/mol. The summed E-state index contributed by atoms with van der Waals surface area (Å²) < 4.78 is 24.4. The molecule has 1 rings (SSSR count). The molecular formula is C13H19NO4S. The molecule has 0 heterocycles. The number of hydrogen-bond donors (Lipinski definition) is 1. The van der Waals surface area contributed by atoms with E-state index >= 15 is 0 Å². The molecular weight excluding hydrogens is 266 g/mol. The first-order valence-electron chi connectivity index (χ1n) is 6.08. The molecule has 0 amide bonds. The number of carboxylic acid groups (broad SMARTS) is 1. The fourth-order valence-corrected chi connectivity index (χ4v) is 3.34. The van der Waals surface area contributed by atoms with Crippen molar-refractivity contribution in [2.75, 3.05) is 17.7 Å². The fraction of sp³-hybridized carbons (Fsp3) is 0.462. The van der Waals surface area contributed by atoms with Gasteiger partial charge in [0.05, 0.1) is 16.3 Å². The quantitative estimate of drug-likeness (QED) is 0.862. The van der Waals surface area contributed by atoms with Gasteiger partial charge in [0.2, 0.25) is 0 Å². The molecule has 1 atom stereocenters. The van der Waals surface area contributed by atoms with E-state index in [1.165, 1.54) is 17.9 Å². The van der Waals surface area contributed by atoms with Crippen molar-refractivity contribution in [3.05, 3.63) is 24.3 Å². The second-order valence-electron chi connectivity index (χ2n) is 4.41. The summed E-state index contributed by atoms with van der Waals surface area (Å²) in [6.45, 7) is 3.31. The Morgan fingerprint density at radius 3 is 2.47 bits per heavy atom. The number of benzene rings is 1. The number of hydrogen-bond acceptors (Lipinski definition) is 4. The van der Waals surface area contributed by atoms with E-state index in [0.717, 1.165) is 0 Å². The molecule has 1 N–H and O–H groups in total. The molecule has 0 saturated heterocycles. The second-order valence-corrected chi connectivity index (χ2v) is 6.49. The van der Waals surface area contributed by atoms with Gasteiger partial charge in [0.15, 0.2) is 9.84 Å². The highest BCUT2D eigenvalue weighted by molar-refractivity contribution is 7.91. The van der Waals surface area contributed by atoms with Crippen molar-refractivity contribution in [3.8, 4) is 0 Å². The average molecular weight is 285 g/mol. The minimum atomic E-state index is -3.38. The topological polar surface area (TPSA) is 74.7 Å². The molecule has 1 unspecified atom stereocenters. The average Bonchev–Trinajstić information content (AvgIpc) is 2.36. The van der Waals surface area contributed by atoms with Gasteiger partial charge in [0.25, 0.3) is 0 Å². The first kappa shape index (κ1) is 15.5. The summed E-state index contributed by atoms with van der Waals surface area (Å²) in [4.78, 5) is 12.7. The van der Waals surface area contributed by atoms with Crippen molar-refractivity contribution in [2.24, 2.45) is 0 Å². The standard InChI is InChI=1S/C13H19NO4S/c1-4-9-19(17,18)12-8-6-5-7-11(12)14(3)10(2)13(15)16/h5-8,10H,4,9H2,1-3H3,(H,15,16). The van der Waals surface area contributed by atoms with Crippen LogP contribution < -0.4 is 4.90 Å². The number of carboxylic acids is 1. The number of aliphatic carboxylic acids is 1. The summed E-state index contributed by atoms with van der Waals surface area (Å²) in [7, 11) is -1.80. The van der Waals surface area contributed by atoms with Crippen molar-refractivity contribution < 1.29 is 18.3 Å².